The highest BCUT2D eigenvalue weighted by Crippen LogP contribution is 2.39. The van der Waals surface area contributed by atoms with Gasteiger partial charge in [-0.25, -0.2) is 9.59 Å². The third-order valence-corrected chi connectivity index (χ3v) is 4.99. The second-order valence-corrected chi connectivity index (χ2v) is 9.21. The fraction of sp³-hybridized carbons (Fsp3) is 0.667. The van der Waals surface area contributed by atoms with Crippen molar-refractivity contribution in [2.45, 2.75) is 106 Å². The van der Waals surface area contributed by atoms with E-state index in [2.05, 4.69) is 0 Å². The monoisotopic (exact) mass is 420 g/mol. The van der Waals surface area contributed by atoms with Crippen molar-refractivity contribution >= 4 is 12.2 Å². The summed E-state index contributed by atoms with van der Waals surface area (Å²) in [5, 5.41) is 0. The number of aryl methyl sites for hydroxylation is 1. The molecule has 0 aliphatic heterocycles. The number of hydrogen-bond acceptors (Lipinski definition) is 4. The quantitative estimate of drug-likeness (QED) is 0.515. The first-order valence-corrected chi connectivity index (χ1v) is 10.9. The average Bonchev–Trinajstić information content (AvgIpc) is 2.56. The Morgan fingerprint density at radius 3 is 1.37 bits per heavy atom. The van der Waals surface area contributed by atoms with Crippen LogP contribution in [0.3, 0.4) is 0 Å². The summed E-state index contributed by atoms with van der Waals surface area (Å²) in [6, 6.07) is 3.75. The van der Waals surface area contributed by atoms with E-state index in [1.807, 2.05) is 88.3 Å². The van der Waals surface area contributed by atoms with E-state index in [0.29, 0.717) is 11.5 Å². The number of rotatable bonds is 7. The van der Waals surface area contributed by atoms with Crippen molar-refractivity contribution in [2.24, 2.45) is 0 Å². The molecule has 0 heterocycles. The van der Waals surface area contributed by atoms with E-state index in [4.69, 9.17) is 9.47 Å². The van der Waals surface area contributed by atoms with E-state index in [9.17, 15) is 9.59 Å². The molecule has 0 fully saturated rings. The van der Waals surface area contributed by atoms with Crippen LogP contribution in [0.5, 0.6) is 11.5 Å². The lowest BCUT2D eigenvalue weighted by Crippen LogP contribution is -2.44. The van der Waals surface area contributed by atoms with E-state index in [0.717, 1.165) is 11.1 Å². The maximum atomic E-state index is 13.0. The predicted molar refractivity (Wildman–Crippen MR) is 122 cm³/mol. The van der Waals surface area contributed by atoms with E-state index >= 15 is 0 Å². The Hall–Kier alpha value is -2.24. The zero-order valence-electron chi connectivity index (χ0n) is 20.6. The van der Waals surface area contributed by atoms with Gasteiger partial charge in [-0.05, 0) is 73.8 Å². The van der Waals surface area contributed by atoms with Crippen molar-refractivity contribution in [3.63, 3.8) is 0 Å². The molecule has 6 heteroatoms. The van der Waals surface area contributed by atoms with Crippen molar-refractivity contribution < 1.29 is 19.1 Å². The number of carbonyl (C=O) groups excluding carboxylic acids is 2. The van der Waals surface area contributed by atoms with Gasteiger partial charge in [0, 0.05) is 29.7 Å². The normalized spacial score (nSPS) is 11.6. The molecule has 0 spiro atoms. The van der Waals surface area contributed by atoms with E-state index in [1.165, 1.54) is 0 Å². The Morgan fingerprint density at radius 2 is 1.03 bits per heavy atom. The van der Waals surface area contributed by atoms with Crippen molar-refractivity contribution in [2.75, 3.05) is 0 Å². The van der Waals surface area contributed by atoms with Crippen LogP contribution < -0.4 is 9.47 Å². The Labute approximate surface area is 182 Å². The molecule has 0 aromatic heterocycles. The molecule has 0 N–H and O–H groups in total. The van der Waals surface area contributed by atoms with Crippen LogP contribution in [0.1, 0.15) is 86.3 Å². The van der Waals surface area contributed by atoms with Crippen molar-refractivity contribution in [3.05, 3.63) is 23.3 Å². The van der Waals surface area contributed by atoms with Gasteiger partial charge in [0.25, 0.3) is 0 Å². The summed E-state index contributed by atoms with van der Waals surface area (Å²) < 4.78 is 11.7. The molecule has 30 heavy (non-hydrogen) atoms. The van der Waals surface area contributed by atoms with Crippen molar-refractivity contribution in [1.82, 2.24) is 9.80 Å². The summed E-state index contributed by atoms with van der Waals surface area (Å²) in [5.41, 5.74) is 1.56. The summed E-state index contributed by atoms with van der Waals surface area (Å²) in [6.45, 7) is 21.5. The van der Waals surface area contributed by atoms with Gasteiger partial charge in [0.05, 0.1) is 0 Å². The van der Waals surface area contributed by atoms with Gasteiger partial charge in [0.2, 0.25) is 0 Å². The van der Waals surface area contributed by atoms with E-state index in [1.54, 1.807) is 9.80 Å². The molecule has 0 saturated carbocycles. The van der Waals surface area contributed by atoms with Gasteiger partial charge >= 0.3 is 12.2 Å². The van der Waals surface area contributed by atoms with Gasteiger partial charge in [0.15, 0.2) is 11.5 Å². The first-order valence-electron chi connectivity index (χ1n) is 10.9. The lowest BCUT2D eigenvalue weighted by molar-refractivity contribution is 0.112. The van der Waals surface area contributed by atoms with Gasteiger partial charge in [-0.1, -0.05) is 26.0 Å². The molecular weight excluding hydrogens is 380 g/mol. The lowest BCUT2D eigenvalue weighted by atomic mass is 9.99. The maximum Gasteiger partial charge on any atom is 0.415 e. The summed E-state index contributed by atoms with van der Waals surface area (Å²) in [5.74, 6) is 0.712. The SMILES string of the molecule is Cc1ccc(C(C)C)c(OC(=O)N(C(C)C)C(C)C)c1OC(=O)N(C(C)C)C(C)C. The standard InChI is InChI=1S/C24H40N2O4/c1-14(2)20-13-12-19(11)21(29-23(27)25(15(3)4)16(5)6)22(20)30-24(28)26(17(7)8)18(9)10/h12-18H,1-11H3. The minimum Gasteiger partial charge on any atom is -0.406 e. The van der Waals surface area contributed by atoms with Gasteiger partial charge < -0.3 is 19.3 Å². The summed E-state index contributed by atoms with van der Waals surface area (Å²) in [7, 11) is 0. The van der Waals surface area contributed by atoms with Crippen molar-refractivity contribution in [1.29, 1.82) is 0 Å². The summed E-state index contributed by atoms with van der Waals surface area (Å²) >= 11 is 0. The summed E-state index contributed by atoms with van der Waals surface area (Å²) in [6.07, 6.45) is -0.903. The smallest absolute Gasteiger partial charge is 0.406 e. The molecule has 0 atom stereocenters. The van der Waals surface area contributed by atoms with E-state index in [-0.39, 0.29) is 30.1 Å². The van der Waals surface area contributed by atoms with Crippen LogP contribution in [0.2, 0.25) is 0 Å². The molecule has 0 unspecified atom stereocenters. The molecule has 2 amide bonds. The third-order valence-electron chi connectivity index (χ3n) is 4.99. The first kappa shape index (κ1) is 25.8. The minimum absolute atomic E-state index is 0.0190. The highest BCUT2D eigenvalue weighted by atomic mass is 16.6. The molecular formula is C24H40N2O4. The largest absolute Gasteiger partial charge is 0.415 e. The lowest BCUT2D eigenvalue weighted by Gasteiger charge is -2.32. The fourth-order valence-corrected chi connectivity index (χ4v) is 3.68. The van der Waals surface area contributed by atoms with Crippen LogP contribution in [0, 0.1) is 6.92 Å². The van der Waals surface area contributed by atoms with Gasteiger partial charge in [-0.15, -0.1) is 0 Å². The Bertz CT molecular complexity index is 723. The topological polar surface area (TPSA) is 59.1 Å². The van der Waals surface area contributed by atoms with Crippen LogP contribution in [-0.4, -0.2) is 46.2 Å². The number of amides is 2. The van der Waals surface area contributed by atoms with Crippen LogP contribution in [0.4, 0.5) is 9.59 Å². The molecule has 0 aliphatic carbocycles. The second-order valence-electron chi connectivity index (χ2n) is 9.21. The first-order chi connectivity index (χ1) is 13.8. The minimum atomic E-state index is -0.453. The zero-order chi connectivity index (χ0) is 23.3. The fourth-order valence-electron chi connectivity index (χ4n) is 3.68. The third kappa shape index (κ3) is 6.13. The number of ether oxygens (including phenoxy) is 2. The highest BCUT2D eigenvalue weighted by Gasteiger charge is 2.29. The predicted octanol–water partition coefficient (Wildman–Crippen LogP) is 6.35. The Balaban J connectivity index is 3.45. The highest BCUT2D eigenvalue weighted by molar-refractivity contribution is 5.77. The van der Waals surface area contributed by atoms with Crippen LogP contribution >= 0.6 is 0 Å². The Morgan fingerprint density at radius 1 is 0.667 bits per heavy atom. The number of benzene rings is 1. The van der Waals surface area contributed by atoms with Gasteiger partial charge in [-0.3, -0.25) is 0 Å². The van der Waals surface area contributed by atoms with Crippen LogP contribution in [0.25, 0.3) is 0 Å². The van der Waals surface area contributed by atoms with Crippen LogP contribution in [-0.2, 0) is 0 Å². The summed E-state index contributed by atoms with van der Waals surface area (Å²) in [4.78, 5) is 29.3. The number of nitrogens with zero attached hydrogens (tertiary/aromatic N) is 2. The van der Waals surface area contributed by atoms with E-state index < -0.39 is 12.2 Å². The molecule has 1 aromatic carbocycles. The maximum absolute atomic E-state index is 13.0. The average molecular weight is 421 g/mol. The molecule has 1 aromatic rings. The molecule has 6 nitrogen and oxygen atoms in total. The molecule has 0 radical (unpaired) electrons. The number of carbonyl (C=O) groups is 2. The number of hydrogen-bond donors (Lipinski definition) is 0. The molecule has 0 aliphatic rings. The molecule has 0 saturated heterocycles. The van der Waals surface area contributed by atoms with Gasteiger partial charge in [0.1, 0.15) is 0 Å². The molecule has 0 bridgehead atoms. The molecule has 170 valence electrons. The van der Waals surface area contributed by atoms with Gasteiger partial charge in [-0.2, -0.15) is 0 Å². The van der Waals surface area contributed by atoms with Crippen LogP contribution in [0.15, 0.2) is 12.1 Å². The zero-order valence-corrected chi connectivity index (χ0v) is 20.6. The Kier molecular flexibility index (Phi) is 9.19. The second kappa shape index (κ2) is 10.7. The molecule has 1 rings (SSSR count). The van der Waals surface area contributed by atoms with Crippen molar-refractivity contribution in [3.8, 4) is 11.5 Å².